The van der Waals surface area contributed by atoms with Crippen molar-refractivity contribution >= 4 is 0 Å². The van der Waals surface area contributed by atoms with E-state index in [0.717, 1.165) is 11.4 Å². The van der Waals surface area contributed by atoms with Crippen LogP contribution >= 0.6 is 0 Å². The molecule has 3 nitrogen and oxygen atoms in total. The molecule has 13 heavy (non-hydrogen) atoms. The number of H-pyrrole nitrogens is 2. The number of rotatable bonds is 2. The topological polar surface area (TPSA) is 48.6 Å². The van der Waals surface area contributed by atoms with E-state index in [4.69, 9.17) is 0 Å². The first-order chi connectivity index (χ1) is 6.18. The van der Waals surface area contributed by atoms with Gasteiger partial charge in [-0.05, 0) is 18.8 Å². The van der Waals surface area contributed by atoms with E-state index in [2.05, 4.69) is 23.8 Å². The summed E-state index contributed by atoms with van der Waals surface area (Å²) in [7, 11) is 0. The van der Waals surface area contributed by atoms with Crippen LogP contribution < -0.4 is 5.69 Å². The van der Waals surface area contributed by atoms with Gasteiger partial charge in [0, 0.05) is 17.3 Å². The molecule has 1 saturated carbocycles. The van der Waals surface area contributed by atoms with E-state index in [-0.39, 0.29) is 5.69 Å². The molecule has 1 heterocycles. The molecule has 1 aromatic rings. The number of nitrogens with one attached hydrogen (secondary N) is 2. The molecule has 0 spiro atoms. The second-order valence-corrected chi connectivity index (χ2v) is 4.19. The van der Waals surface area contributed by atoms with Crippen LogP contribution in [-0.2, 0) is 0 Å². The van der Waals surface area contributed by atoms with Crippen molar-refractivity contribution in [2.75, 3.05) is 0 Å². The Bertz CT molecular complexity index is 344. The summed E-state index contributed by atoms with van der Waals surface area (Å²) in [6, 6.07) is 0. The van der Waals surface area contributed by atoms with Crippen molar-refractivity contribution in [1.82, 2.24) is 9.97 Å². The lowest BCUT2D eigenvalue weighted by Gasteiger charge is -2.25. The maximum Gasteiger partial charge on any atom is 0.323 e. The standard InChI is InChI=1S/C10H16N2O/c1-6(2)8-9(7-4-3-5-7)12-10(13)11-8/h6-7H,3-5H2,1-2H3,(H2,11,12,13). The molecule has 1 aromatic heterocycles. The number of hydrogen-bond donors (Lipinski definition) is 2. The fourth-order valence-electron chi connectivity index (χ4n) is 1.88. The Kier molecular flexibility index (Phi) is 2.02. The summed E-state index contributed by atoms with van der Waals surface area (Å²) < 4.78 is 0. The van der Waals surface area contributed by atoms with Gasteiger partial charge in [0.15, 0.2) is 0 Å². The number of aromatic amines is 2. The zero-order chi connectivity index (χ0) is 9.42. The van der Waals surface area contributed by atoms with Gasteiger partial charge in [-0.3, -0.25) is 0 Å². The zero-order valence-corrected chi connectivity index (χ0v) is 8.18. The van der Waals surface area contributed by atoms with Crippen LogP contribution in [0.2, 0.25) is 0 Å². The molecule has 0 aromatic carbocycles. The van der Waals surface area contributed by atoms with Crippen molar-refractivity contribution in [2.45, 2.75) is 44.9 Å². The van der Waals surface area contributed by atoms with E-state index in [1.165, 1.54) is 19.3 Å². The van der Waals surface area contributed by atoms with Gasteiger partial charge in [0.25, 0.3) is 0 Å². The molecule has 3 heteroatoms. The molecular formula is C10H16N2O. The largest absolute Gasteiger partial charge is 0.323 e. The second-order valence-electron chi connectivity index (χ2n) is 4.19. The van der Waals surface area contributed by atoms with E-state index in [1.54, 1.807) is 0 Å². The van der Waals surface area contributed by atoms with Crippen molar-refractivity contribution in [3.8, 4) is 0 Å². The number of hydrogen-bond acceptors (Lipinski definition) is 1. The Morgan fingerprint density at radius 2 is 2.00 bits per heavy atom. The minimum absolute atomic E-state index is 0.0504. The van der Waals surface area contributed by atoms with Crippen molar-refractivity contribution < 1.29 is 0 Å². The predicted molar refractivity (Wildman–Crippen MR) is 52.1 cm³/mol. The highest BCUT2D eigenvalue weighted by molar-refractivity contribution is 5.21. The second kappa shape index (κ2) is 3.05. The van der Waals surface area contributed by atoms with Gasteiger partial charge < -0.3 is 9.97 Å². The van der Waals surface area contributed by atoms with Crippen LogP contribution in [-0.4, -0.2) is 9.97 Å². The van der Waals surface area contributed by atoms with Crippen LogP contribution in [0.3, 0.4) is 0 Å². The van der Waals surface area contributed by atoms with Crippen molar-refractivity contribution in [1.29, 1.82) is 0 Å². The maximum atomic E-state index is 11.1. The van der Waals surface area contributed by atoms with Gasteiger partial charge >= 0.3 is 5.69 Å². The third kappa shape index (κ3) is 1.43. The Balaban J connectivity index is 2.36. The number of imidazole rings is 1. The number of aromatic nitrogens is 2. The van der Waals surface area contributed by atoms with Gasteiger partial charge in [-0.2, -0.15) is 0 Å². The summed E-state index contributed by atoms with van der Waals surface area (Å²) in [5.74, 6) is 1.02. The first-order valence-corrected chi connectivity index (χ1v) is 5.00. The lowest BCUT2D eigenvalue weighted by Crippen LogP contribution is -2.12. The molecule has 2 rings (SSSR count). The molecule has 2 N–H and O–H groups in total. The average molecular weight is 180 g/mol. The summed E-state index contributed by atoms with van der Waals surface area (Å²) in [5.41, 5.74) is 2.21. The molecule has 1 aliphatic rings. The van der Waals surface area contributed by atoms with Gasteiger partial charge in [0.1, 0.15) is 0 Å². The Hall–Kier alpha value is -0.990. The molecule has 0 amide bonds. The molecule has 0 aliphatic heterocycles. The lowest BCUT2D eigenvalue weighted by atomic mass is 9.81. The third-order valence-electron chi connectivity index (χ3n) is 2.88. The van der Waals surface area contributed by atoms with Crippen LogP contribution in [0.1, 0.15) is 56.3 Å². The molecule has 72 valence electrons. The summed E-state index contributed by atoms with van der Waals surface area (Å²) in [5, 5.41) is 0. The van der Waals surface area contributed by atoms with Gasteiger partial charge in [0.2, 0.25) is 0 Å². The van der Waals surface area contributed by atoms with E-state index < -0.39 is 0 Å². The summed E-state index contributed by atoms with van der Waals surface area (Å²) in [6.45, 7) is 4.22. The maximum absolute atomic E-state index is 11.1. The SMILES string of the molecule is CC(C)c1[nH]c(=O)[nH]c1C1CCC1. The van der Waals surface area contributed by atoms with Crippen LogP contribution in [0.4, 0.5) is 0 Å². The molecule has 0 radical (unpaired) electrons. The van der Waals surface area contributed by atoms with E-state index in [9.17, 15) is 4.79 Å². The summed E-state index contributed by atoms with van der Waals surface area (Å²) in [6.07, 6.45) is 3.76. The van der Waals surface area contributed by atoms with Crippen molar-refractivity contribution in [3.63, 3.8) is 0 Å². The van der Waals surface area contributed by atoms with E-state index >= 15 is 0 Å². The monoisotopic (exact) mass is 180 g/mol. The average Bonchev–Trinajstić information content (AvgIpc) is 2.27. The van der Waals surface area contributed by atoms with Crippen LogP contribution in [0, 0.1) is 0 Å². The quantitative estimate of drug-likeness (QED) is 0.719. The highest BCUT2D eigenvalue weighted by Gasteiger charge is 2.25. The molecule has 0 saturated heterocycles. The van der Waals surface area contributed by atoms with E-state index in [1.807, 2.05) is 0 Å². The normalized spacial score (nSPS) is 17.8. The first-order valence-electron chi connectivity index (χ1n) is 5.00. The molecule has 0 unspecified atom stereocenters. The summed E-state index contributed by atoms with van der Waals surface area (Å²) in [4.78, 5) is 16.9. The Morgan fingerprint density at radius 1 is 1.31 bits per heavy atom. The van der Waals surface area contributed by atoms with Crippen molar-refractivity contribution in [2.24, 2.45) is 0 Å². The predicted octanol–water partition coefficient (Wildman–Crippen LogP) is 2.09. The molecular weight excluding hydrogens is 164 g/mol. The molecule has 0 atom stereocenters. The molecule has 0 bridgehead atoms. The molecule has 1 fully saturated rings. The van der Waals surface area contributed by atoms with Crippen molar-refractivity contribution in [3.05, 3.63) is 21.9 Å². The van der Waals surface area contributed by atoms with Crippen LogP contribution in [0.5, 0.6) is 0 Å². The Morgan fingerprint density at radius 3 is 2.46 bits per heavy atom. The van der Waals surface area contributed by atoms with Gasteiger partial charge in [0.05, 0.1) is 0 Å². The minimum atomic E-state index is -0.0504. The third-order valence-corrected chi connectivity index (χ3v) is 2.88. The minimum Gasteiger partial charge on any atom is -0.309 e. The van der Waals surface area contributed by atoms with Gasteiger partial charge in [-0.25, -0.2) is 4.79 Å². The highest BCUT2D eigenvalue weighted by atomic mass is 16.1. The fraction of sp³-hybridized carbons (Fsp3) is 0.700. The Labute approximate surface area is 77.6 Å². The van der Waals surface area contributed by atoms with E-state index in [0.29, 0.717) is 11.8 Å². The van der Waals surface area contributed by atoms with Gasteiger partial charge in [-0.1, -0.05) is 20.3 Å². The zero-order valence-electron chi connectivity index (χ0n) is 8.18. The van der Waals surface area contributed by atoms with Gasteiger partial charge in [-0.15, -0.1) is 0 Å². The lowest BCUT2D eigenvalue weighted by molar-refractivity contribution is 0.408. The van der Waals surface area contributed by atoms with Crippen LogP contribution in [0.25, 0.3) is 0 Å². The fourth-order valence-corrected chi connectivity index (χ4v) is 1.88. The highest BCUT2D eigenvalue weighted by Crippen LogP contribution is 2.37. The molecule has 1 aliphatic carbocycles. The first kappa shape index (κ1) is 8.60. The smallest absolute Gasteiger partial charge is 0.309 e. The van der Waals surface area contributed by atoms with Crippen LogP contribution in [0.15, 0.2) is 4.79 Å². The summed E-state index contributed by atoms with van der Waals surface area (Å²) >= 11 is 0.